The molecule has 6 heteroatoms. The first kappa shape index (κ1) is 13.1. The number of carbonyl (C=O) groups excluding carboxylic acids is 1. The Morgan fingerprint density at radius 1 is 1.37 bits per heavy atom. The van der Waals surface area contributed by atoms with E-state index in [1.807, 2.05) is 13.8 Å². The Morgan fingerprint density at radius 3 is 2.58 bits per heavy atom. The van der Waals surface area contributed by atoms with Crippen molar-refractivity contribution in [2.45, 2.75) is 19.9 Å². The lowest BCUT2D eigenvalue weighted by atomic mass is 10.3. The van der Waals surface area contributed by atoms with E-state index in [1.54, 1.807) is 0 Å². The highest BCUT2D eigenvalue weighted by molar-refractivity contribution is 5.90. The highest BCUT2D eigenvalue weighted by atomic mass is 19.1. The first-order valence-corrected chi connectivity index (χ1v) is 5.80. The summed E-state index contributed by atoms with van der Waals surface area (Å²) in [6.45, 7) is 3.75. The van der Waals surface area contributed by atoms with Crippen molar-refractivity contribution >= 4 is 11.8 Å². The number of nitrogens with zero attached hydrogens (tertiary/aromatic N) is 2. The molecular formula is C13H14FN3O2. The van der Waals surface area contributed by atoms with Crippen LogP contribution in [-0.2, 0) is 0 Å². The summed E-state index contributed by atoms with van der Waals surface area (Å²) >= 11 is 0. The molecule has 5 nitrogen and oxygen atoms in total. The van der Waals surface area contributed by atoms with Crippen molar-refractivity contribution in [3.63, 3.8) is 0 Å². The fourth-order valence-electron chi connectivity index (χ4n) is 1.62. The number of carbonyl (C=O) groups is 1. The summed E-state index contributed by atoms with van der Waals surface area (Å²) in [6.07, 6.45) is 0. The number of esters is 1. The van der Waals surface area contributed by atoms with Gasteiger partial charge in [-0.3, -0.25) is 4.68 Å². The van der Waals surface area contributed by atoms with Crippen LogP contribution < -0.4 is 10.5 Å². The molecule has 0 saturated carbocycles. The third-order valence-corrected chi connectivity index (χ3v) is 2.48. The Morgan fingerprint density at radius 2 is 2.00 bits per heavy atom. The Bertz CT molecular complexity index is 590. The van der Waals surface area contributed by atoms with Crippen LogP contribution in [0, 0.1) is 5.82 Å². The number of halogens is 1. The molecule has 0 radical (unpaired) electrons. The number of rotatable bonds is 3. The van der Waals surface area contributed by atoms with Crippen molar-refractivity contribution in [2.24, 2.45) is 0 Å². The van der Waals surface area contributed by atoms with Gasteiger partial charge in [0, 0.05) is 12.1 Å². The van der Waals surface area contributed by atoms with Crippen molar-refractivity contribution < 1.29 is 13.9 Å². The standard InChI is InChI=1S/C13H14FN3O2/c1-8(2)17-11(7-12(15)16-17)13(18)19-10-5-3-9(14)4-6-10/h3-8H,1-2H3,(H2,15,16). The molecule has 0 saturated heterocycles. The zero-order chi connectivity index (χ0) is 14.0. The average Bonchev–Trinajstić information content (AvgIpc) is 2.74. The molecule has 1 heterocycles. The lowest BCUT2D eigenvalue weighted by Gasteiger charge is -2.10. The van der Waals surface area contributed by atoms with E-state index in [2.05, 4.69) is 5.10 Å². The summed E-state index contributed by atoms with van der Waals surface area (Å²) in [4.78, 5) is 12.0. The van der Waals surface area contributed by atoms with E-state index in [9.17, 15) is 9.18 Å². The Kier molecular flexibility index (Phi) is 3.50. The van der Waals surface area contributed by atoms with Crippen molar-refractivity contribution in [3.05, 3.63) is 41.8 Å². The molecule has 19 heavy (non-hydrogen) atoms. The van der Waals surface area contributed by atoms with Gasteiger partial charge >= 0.3 is 5.97 Å². The normalized spacial score (nSPS) is 10.7. The van der Waals surface area contributed by atoms with Crippen molar-refractivity contribution in [3.8, 4) is 5.75 Å². The summed E-state index contributed by atoms with van der Waals surface area (Å²) in [6, 6.07) is 6.63. The van der Waals surface area contributed by atoms with Gasteiger partial charge in [0.1, 0.15) is 23.1 Å². The van der Waals surface area contributed by atoms with Gasteiger partial charge in [0.15, 0.2) is 0 Å². The minimum atomic E-state index is -0.579. The molecule has 0 aliphatic rings. The second kappa shape index (κ2) is 5.09. The fraction of sp³-hybridized carbons (Fsp3) is 0.231. The molecule has 0 spiro atoms. The second-order valence-electron chi connectivity index (χ2n) is 4.34. The van der Waals surface area contributed by atoms with Crippen LogP contribution in [0.1, 0.15) is 30.4 Å². The number of anilines is 1. The average molecular weight is 263 g/mol. The summed E-state index contributed by atoms with van der Waals surface area (Å²) in [5.74, 6) is -0.456. The third kappa shape index (κ3) is 2.90. The zero-order valence-electron chi connectivity index (χ0n) is 10.6. The van der Waals surface area contributed by atoms with E-state index in [-0.39, 0.29) is 23.3 Å². The molecule has 0 amide bonds. The van der Waals surface area contributed by atoms with E-state index in [0.29, 0.717) is 0 Å². The van der Waals surface area contributed by atoms with Gasteiger partial charge in [-0.25, -0.2) is 9.18 Å². The number of hydrogen-bond donors (Lipinski definition) is 1. The lowest BCUT2D eigenvalue weighted by Crippen LogP contribution is -2.17. The second-order valence-corrected chi connectivity index (χ2v) is 4.34. The highest BCUT2D eigenvalue weighted by Crippen LogP contribution is 2.17. The highest BCUT2D eigenvalue weighted by Gasteiger charge is 2.18. The van der Waals surface area contributed by atoms with Gasteiger partial charge in [0.05, 0.1) is 0 Å². The van der Waals surface area contributed by atoms with Crippen LogP contribution in [0.15, 0.2) is 30.3 Å². The van der Waals surface area contributed by atoms with Gasteiger partial charge < -0.3 is 10.5 Å². The Labute approximate surface area is 109 Å². The molecule has 0 atom stereocenters. The van der Waals surface area contributed by atoms with Gasteiger partial charge in [-0.2, -0.15) is 5.10 Å². The van der Waals surface area contributed by atoms with Crippen LogP contribution in [0.3, 0.4) is 0 Å². The number of hydrogen-bond acceptors (Lipinski definition) is 4. The van der Waals surface area contributed by atoms with Gasteiger partial charge in [0.25, 0.3) is 0 Å². The van der Waals surface area contributed by atoms with Crippen LogP contribution in [-0.4, -0.2) is 15.7 Å². The van der Waals surface area contributed by atoms with E-state index in [4.69, 9.17) is 10.5 Å². The molecule has 2 N–H and O–H groups in total. The van der Waals surface area contributed by atoms with E-state index < -0.39 is 11.8 Å². The summed E-state index contributed by atoms with van der Waals surface area (Å²) in [5.41, 5.74) is 5.84. The van der Waals surface area contributed by atoms with Crippen LogP contribution >= 0.6 is 0 Å². The van der Waals surface area contributed by atoms with E-state index in [1.165, 1.54) is 35.0 Å². The zero-order valence-corrected chi connectivity index (χ0v) is 10.6. The molecule has 1 aromatic carbocycles. The molecule has 1 aromatic heterocycles. The van der Waals surface area contributed by atoms with Crippen LogP contribution in [0.4, 0.5) is 10.2 Å². The molecule has 0 bridgehead atoms. The van der Waals surface area contributed by atoms with Gasteiger partial charge in [-0.15, -0.1) is 0 Å². The molecular weight excluding hydrogens is 249 g/mol. The van der Waals surface area contributed by atoms with Gasteiger partial charge in [-0.1, -0.05) is 0 Å². The summed E-state index contributed by atoms with van der Waals surface area (Å²) < 4.78 is 19.4. The van der Waals surface area contributed by atoms with Crippen LogP contribution in [0.2, 0.25) is 0 Å². The molecule has 100 valence electrons. The Balaban J connectivity index is 2.22. The maximum absolute atomic E-state index is 12.7. The first-order chi connectivity index (χ1) is 8.97. The predicted molar refractivity (Wildman–Crippen MR) is 68.4 cm³/mol. The minimum absolute atomic E-state index is 0.0203. The summed E-state index contributed by atoms with van der Waals surface area (Å²) in [5, 5.41) is 4.02. The molecule has 2 aromatic rings. The maximum atomic E-state index is 12.7. The minimum Gasteiger partial charge on any atom is -0.422 e. The van der Waals surface area contributed by atoms with Crippen molar-refractivity contribution in [1.82, 2.24) is 9.78 Å². The smallest absolute Gasteiger partial charge is 0.362 e. The number of aromatic nitrogens is 2. The fourth-order valence-corrected chi connectivity index (χ4v) is 1.62. The molecule has 0 unspecified atom stereocenters. The molecule has 2 rings (SSSR count). The predicted octanol–water partition coefficient (Wildman–Crippen LogP) is 2.40. The van der Waals surface area contributed by atoms with Gasteiger partial charge in [-0.05, 0) is 38.1 Å². The summed E-state index contributed by atoms with van der Waals surface area (Å²) in [7, 11) is 0. The van der Waals surface area contributed by atoms with Crippen LogP contribution in [0.25, 0.3) is 0 Å². The SMILES string of the molecule is CC(C)n1nc(N)cc1C(=O)Oc1ccc(F)cc1. The number of nitrogen functional groups attached to an aromatic ring is 1. The van der Waals surface area contributed by atoms with E-state index in [0.717, 1.165) is 0 Å². The van der Waals surface area contributed by atoms with Crippen molar-refractivity contribution in [2.75, 3.05) is 5.73 Å². The van der Waals surface area contributed by atoms with Crippen molar-refractivity contribution in [1.29, 1.82) is 0 Å². The van der Waals surface area contributed by atoms with Gasteiger partial charge in [0.2, 0.25) is 0 Å². The quantitative estimate of drug-likeness (QED) is 0.682. The molecule has 0 aliphatic carbocycles. The van der Waals surface area contributed by atoms with Crippen LogP contribution in [0.5, 0.6) is 5.75 Å². The Hall–Kier alpha value is -2.37. The first-order valence-electron chi connectivity index (χ1n) is 5.80. The third-order valence-electron chi connectivity index (χ3n) is 2.48. The number of nitrogens with two attached hydrogens (primary N) is 1. The lowest BCUT2D eigenvalue weighted by molar-refractivity contribution is 0.0719. The molecule has 0 aliphatic heterocycles. The molecule has 0 fully saturated rings. The van der Waals surface area contributed by atoms with E-state index >= 15 is 0 Å². The number of benzene rings is 1. The largest absolute Gasteiger partial charge is 0.422 e. The number of ether oxygens (including phenoxy) is 1. The monoisotopic (exact) mass is 263 g/mol. The topological polar surface area (TPSA) is 70.1 Å². The maximum Gasteiger partial charge on any atom is 0.362 e.